The highest BCUT2D eigenvalue weighted by atomic mass is 31.1. The fraction of sp³-hybridized carbons (Fsp3) is 1.00. The van der Waals surface area contributed by atoms with Crippen LogP contribution in [0.25, 0.3) is 0 Å². The molecule has 0 bridgehead atoms. The van der Waals surface area contributed by atoms with Gasteiger partial charge < -0.3 is 0 Å². The molecule has 18 heavy (non-hydrogen) atoms. The van der Waals surface area contributed by atoms with E-state index in [0.29, 0.717) is 0 Å². The average molecular weight is 269 g/mol. The quantitative estimate of drug-likeness (QED) is 0.380. The SMILES string of the molecule is CCCCC[P]C1CCCCCCCCCCC1. The van der Waals surface area contributed by atoms with Crippen molar-refractivity contribution in [3.63, 3.8) is 0 Å². The smallest absolute Gasteiger partial charge is 0.0170 e. The summed E-state index contributed by atoms with van der Waals surface area (Å²) in [4.78, 5) is 0. The van der Waals surface area contributed by atoms with Crippen LogP contribution in [0.2, 0.25) is 0 Å². The van der Waals surface area contributed by atoms with Crippen molar-refractivity contribution in [1.29, 1.82) is 0 Å². The van der Waals surface area contributed by atoms with Gasteiger partial charge in [0, 0.05) is 0 Å². The summed E-state index contributed by atoms with van der Waals surface area (Å²) in [5.41, 5.74) is 1.04. The average Bonchev–Trinajstić information content (AvgIpc) is 2.37. The number of unbranched alkanes of at least 4 members (excludes halogenated alkanes) is 2. The Morgan fingerprint density at radius 3 is 1.72 bits per heavy atom. The standard InChI is InChI=1S/C17H34P/c1-2-3-13-16-18-17-14-11-9-7-5-4-6-8-10-12-15-17/h17H,2-16H2,1H3. The monoisotopic (exact) mass is 269 g/mol. The predicted octanol–water partition coefficient (Wildman–Crippen LogP) is 6.80. The fourth-order valence-electron chi connectivity index (χ4n) is 2.96. The molecule has 0 atom stereocenters. The summed E-state index contributed by atoms with van der Waals surface area (Å²) >= 11 is 0. The van der Waals surface area contributed by atoms with Crippen molar-refractivity contribution >= 4 is 8.58 Å². The van der Waals surface area contributed by atoms with Crippen molar-refractivity contribution in [1.82, 2.24) is 0 Å². The van der Waals surface area contributed by atoms with E-state index in [1.54, 1.807) is 8.58 Å². The van der Waals surface area contributed by atoms with Gasteiger partial charge in [0.25, 0.3) is 0 Å². The maximum atomic E-state index is 2.31. The molecule has 1 heteroatoms. The van der Waals surface area contributed by atoms with Gasteiger partial charge in [0.2, 0.25) is 0 Å². The number of hydrogen-bond donors (Lipinski definition) is 0. The van der Waals surface area contributed by atoms with Gasteiger partial charge in [-0.25, -0.2) is 0 Å². The van der Waals surface area contributed by atoms with Crippen molar-refractivity contribution in [2.24, 2.45) is 0 Å². The van der Waals surface area contributed by atoms with Gasteiger partial charge in [0.1, 0.15) is 0 Å². The summed E-state index contributed by atoms with van der Waals surface area (Å²) in [5.74, 6) is 0. The van der Waals surface area contributed by atoms with Gasteiger partial charge in [-0.05, 0) is 31.1 Å². The normalized spacial score (nSPS) is 21.8. The third-order valence-electron chi connectivity index (χ3n) is 4.22. The van der Waals surface area contributed by atoms with Gasteiger partial charge in [-0.3, -0.25) is 0 Å². The van der Waals surface area contributed by atoms with E-state index in [2.05, 4.69) is 6.92 Å². The van der Waals surface area contributed by atoms with Crippen LogP contribution in [0.15, 0.2) is 0 Å². The zero-order valence-corrected chi connectivity index (χ0v) is 13.5. The minimum atomic E-state index is 1.04. The van der Waals surface area contributed by atoms with Crippen LogP contribution in [-0.4, -0.2) is 11.8 Å². The zero-order chi connectivity index (χ0) is 12.9. The Hall–Kier alpha value is 0.430. The molecule has 0 aromatic rings. The summed E-state index contributed by atoms with van der Waals surface area (Å²) in [6, 6.07) is 0. The molecule has 1 fully saturated rings. The van der Waals surface area contributed by atoms with E-state index in [1.807, 2.05) is 0 Å². The molecule has 0 nitrogen and oxygen atoms in total. The lowest BCUT2D eigenvalue weighted by atomic mass is 10.0. The Morgan fingerprint density at radius 1 is 0.722 bits per heavy atom. The third kappa shape index (κ3) is 9.37. The van der Waals surface area contributed by atoms with Gasteiger partial charge in [-0.2, -0.15) is 0 Å². The summed E-state index contributed by atoms with van der Waals surface area (Å²) < 4.78 is 0. The van der Waals surface area contributed by atoms with Crippen LogP contribution < -0.4 is 0 Å². The number of hydrogen-bond acceptors (Lipinski definition) is 0. The summed E-state index contributed by atoms with van der Waals surface area (Å²) in [5, 5.41) is 0. The molecule has 1 aliphatic carbocycles. The fourth-order valence-corrected chi connectivity index (χ4v) is 4.46. The summed E-state index contributed by atoms with van der Waals surface area (Å²) in [6.07, 6.45) is 22.3. The zero-order valence-electron chi connectivity index (χ0n) is 12.6. The van der Waals surface area contributed by atoms with Crippen LogP contribution in [-0.2, 0) is 0 Å². The Balaban J connectivity index is 2.14. The Kier molecular flexibility index (Phi) is 11.4. The first kappa shape index (κ1) is 16.5. The molecule has 1 saturated carbocycles. The van der Waals surface area contributed by atoms with Crippen LogP contribution in [0.4, 0.5) is 0 Å². The first-order valence-corrected chi connectivity index (χ1v) is 9.75. The van der Waals surface area contributed by atoms with E-state index >= 15 is 0 Å². The van der Waals surface area contributed by atoms with Crippen LogP contribution in [0.3, 0.4) is 0 Å². The van der Waals surface area contributed by atoms with Crippen molar-refractivity contribution in [2.45, 2.75) is 102 Å². The van der Waals surface area contributed by atoms with E-state index in [4.69, 9.17) is 0 Å². The molecule has 0 heterocycles. The minimum Gasteiger partial charge on any atom is -0.0775 e. The van der Waals surface area contributed by atoms with E-state index < -0.39 is 0 Å². The molecule has 107 valence electrons. The van der Waals surface area contributed by atoms with Gasteiger partial charge in [0.15, 0.2) is 0 Å². The molecule has 0 aromatic heterocycles. The highest BCUT2D eigenvalue weighted by molar-refractivity contribution is 7.38. The van der Waals surface area contributed by atoms with Gasteiger partial charge in [-0.1, -0.05) is 86.1 Å². The van der Waals surface area contributed by atoms with Crippen LogP contribution >= 0.6 is 8.58 Å². The summed E-state index contributed by atoms with van der Waals surface area (Å²) in [7, 11) is 1.78. The Labute approximate surface area is 117 Å². The van der Waals surface area contributed by atoms with Gasteiger partial charge in [0.05, 0.1) is 0 Å². The highest BCUT2D eigenvalue weighted by Crippen LogP contribution is 2.30. The number of rotatable bonds is 5. The van der Waals surface area contributed by atoms with Crippen LogP contribution in [0.5, 0.6) is 0 Å². The van der Waals surface area contributed by atoms with E-state index in [0.717, 1.165) is 5.66 Å². The lowest BCUT2D eigenvalue weighted by Gasteiger charge is -2.17. The Bertz CT molecular complexity index is 152. The molecular formula is C17H34P. The second-order valence-corrected chi connectivity index (χ2v) is 7.57. The first-order chi connectivity index (χ1) is 8.93. The molecule has 0 aromatic carbocycles. The largest absolute Gasteiger partial charge is 0.0775 e. The van der Waals surface area contributed by atoms with Crippen molar-refractivity contribution in [3.8, 4) is 0 Å². The summed E-state index contributed by atoms with van der Waals surface area (Å²) in [6.45, 7) is 2.31. The molecule has 0 aliphatic heterocycles. The predicted molar refractivity (Wildman–Crippen MR) is 85.9 cm³/mol. The molecule has 1 radical (unpaired) electrons. The maximum Gasteiger partial charge on any atom is -0.0170 e. The van der Waals surface area contributed by atoms with Crippen LogP contribution in [0.1, 0.15) is 96.8 Å². The topological polar surface area (TPSA) is 0 Å². The van der Waals surface area contributed by atoms with Crippen molar-refractivity contribution in [3.05, 3.63) is 0 Å². The first-order valence-electron chi connectivity index (χ1n) is 8.60. The van der Waals surface area contributed by atoms with Gasteiger partial charge >= 0.3 is 0 Å². The molecule has 1 rings (SSSR count). The van der Waals surface area contributed by atoms with Crippen molar-refractivity contribution in [2.75, 3.05) is 6.16 Å². The highest BCUT2D eigenvalue weighted by Gasteiger charge is 2.09. The minimum absolute atomic E-state index is 1.04. The molecular weight excluding hydrogens is 235 g/mol. The molecule has 1 aliphatic rings. The second-order valence-electron chi connectivity index (χ2n) is 6.03. The molecule has 0 N–H and O–H groups in total. The van der Waals surface area contributed by atoms with E-state index in [9.17, 15) is 0 Å². The molecule has 0 spiro atoms. The Morgan fingerprint density at radius 2 is 1.22 bits per heavy atom. The maximum absolute atomic E-state index is 2.31. The van der Waals surface area contributed by atoms with E-state index in [-0.39, 0.29) is 0 Å². The molecule has 0 unspecified atom stereocenters. The van der Waals surface area contributed by atoms with Gasteiger partial charge in [-0.15, -0.1) is 0 Å². The molecule has 0 amide bonds. The van der Waals surface area contributed by atoms with E-state index in [1.165, 1.54) is 96.1 Å². The third-order valence-corrected chi connectivity index (χ3v) is 5.83. The lowest BCUT2D eigenvalue weighted by molar-refractivity contribution is 0.508. The van der Waals surface area contributed by atoms with Crippen molar-refractivity contribution < 1.29 is 0 Å². The van der Waals surface area contributed by atoms with Crippen LogP contribution in [0, 0.1) is 0 Å². The molecule has 0 saturated heterocycles. The second kappa shape index (κ2) is 12.5. The lowest BCUT2D eigenvalue weighted by Crippen LogP contribution is -2.03.